The Morgan fingerprint density at radius 3 is 1.71 bits per heavy atom. The van der Waals surface area contributed by atoms with Crippen molar-refractivity contribution < 1.29 is 24.1 Å². The Bertz CT molecular complexity index is 309. The third-order valence-corrected chi connectivity index (χ3v) is 2.35. The van der Waals surface area contributed by atoms with Gasteiger partial charge in [-0.1, -0.05) is 12.8 Å². The third kappa shape index (κ3) is 26.3. The Labute approximate surface area is 149 Å². The van der Waals surface area contributed by atoms with Crippen LogP contribution in [-0.2, 0) is 18.9 Å². The fraction of sp³-hybridized carbons (Fsp3) is 0.895. The average Bonchev–Trinajstić information content (AvgIpc) is 2.46. The highest BCUT2D eigenvalue weighted by atomic mass is 16.5. The molecule has 0 spiro atoms. The molecule has 0 heterocycles. The van der Waals surface area contributed by atoms with Gasteiger partial charge < -0.3 is 24.1 Å². The van der Waals surface area contributed by atoms with E-state index in [4.69, 9.17) is 30.5 Å². The molecule has 0 aromatic rings. The molecule has 0 rings (SSSR count). The molecule has 5 nitrogen and oxygen atoms in total. The van der Waals surface area contributed by atoms with Gasteiger partial charge in [-0.05, 0) is 48.0 Å². The van der Waals surface area contributed by atoms with Crippen LogP contribution in [0.5, 0.6) is 0 Å². The molecule has 5 heteroatoms. The Morgan fingerprint density at radius 2 is 1.29 bits per heavy atom. The van der Waals surface area contributed by atoms with Crippen molar-refractivity contribution in [1.82, 2.24) is 0 Å². The van der Waals surface area contributed by atoms with Gasteiger partial charge in [0.15, 0.2) is 0 Å². The van der Waals surface area contributed by atoms with E-state index >= 15 is 0 Å². The van der Waals surface area contributed by atoms with Gasteiger partial charge >= 0.3 is 0 Å². The minimum absolute atomic E-state index is 0.0674. The molecule has 1 atom stereocenters. The van der Waals surface area contributed by atoms with Gasteiger partial charge in [-0.2, -0.15) is 0 Å². The quantitative estimate of drug-likeness (QED) is 0.487. The summed E-state index contributed by atoms with van der Waals surface area (Å²) in [7, 11) is 0. The van der Waals surface area contributed by atoms with Crippen molar-refractivity contribution in [2.45, 2.75) is 72.2 Å². The molecule has 0 amide bonds. The van der Waals surface area contributed by atoms with Crippen LogP contribution in [0.3, 0.4) is 0 Å². The van der Waals surface area contributed by atoms with E-state index < -0.39 is 6.10 Å². The molecule has 0 aromatic carbocycles. The molecule has 0 saturated carbocycles. The normalized spacial score (nSPS) is 13.0. The van der Waals surface area contributed by atoms with Crippen LogP contribution in [0.2, 0.25) is 0 Å². The number of terminal acetylenes is 1. The second-order valence-electron chi connectivity index (χ2n) is 7.29. The zero-order chi connectivity index (χ0) is 19.1. The first-order valence-electron chi connectivity index (χ1n) is 8.59. The summed E-state index contributed by atoms with van der Waals surface area (Å²) in [5.41, 5.74) is -0.292. The van der Waals surface area contributed by atoms with Crippen LogP contribution < -0.4 is 0 Å². The lowest BCUT2D eigenvalue weighted by atomic mass is 10.2. The summed E-state index contributed by atoms with van der Waals surface area (Å²) in [6, 6.07) is 0. The standard InChI is InChI=1S/C11H24O3.C8H14O2/c1-5-6-12-7-8-13-9-10-14-11(2,3)4;1-5-7(9)6-10-8(2,3)4/h5-10H2,1-4H3;1,7,9H,6H2,2-4H3/t;7-/m.0/s1. The highest BCUT2D eigenvalue weighted by Crippen LogP contribution is 2.06. The number of rotatable bonds is 10. The van der Waals surface area contributed by atoms with Gasteiger partial charge in [-0.15, -0.1) is 6.42 Å². The van der Waals surface area contributed by atoms with Crippen molar-refractivity contribution >= 4 is 0 Å². The van der Waals surface area contributed by atoms with Gasteiger partial charge in [-0.25, -0.2) is 0 Å². The van der Waals surface area contributed by atoms with E-state index in [0.29, 0.717) is 26.4 Å². The summed E-state index contributed by atoms with van der Waals surface area (Å²) in [5, 5.41) is 8.86. The number of hydrogen-bond donors (Lipinski definition) is 1. The van der Waals surface area contributed by atoms with Gasteiger partial charge in [0.25, 0.3) is 0 Å². The van der Waals surface area contributed by atoms with Crippen molar-refractivity contribution in [2.24, 2.45) is 0 Å². The van der Waals surface area contributed by atoms with Crippen LogP contribution in [0.25, 0.3) is 0 Å². The molecule has 0 radical (unpaired) electrons. The van der Waals surface area contributed by atoms with Crippen LogP contribution in [0.1, 0.15) is 54.9 Å². The van der Waals surface area contributed by atoms with Crippen LogP contribution in [0.15, 0.2) is 0 Å². The van der Waals surface area contributed by atoms with Crippen LogP contribution in [0.4, 0.5) is 0 Å². The van der Waals surface area contributed by atoms with E-state index in [1.807, 2.05) is 41.5 Å². The van der Waals surface area contributed by atoms with E-state index in [0.717, 1.165) is 13.0 Å². The molecular weight excluding hydrogens is 308 g/mol. The molecule has 1 N–H and O–H groups in total. The molecule has 0 aliphatic rings. The third-order valence-electron chi connectivity index (χ3n) is 2.35. The maximum absolute atomic E-state index is 8.86. The first kappa shape index (κ1) is 25.6. The molecule has 0 unspecified atom stereocenters. The molecule has 24 heavy (non-hydrogen) atoms. The second kappa shape index (κ2) is 14.7. The monoisotopic (exact) mass is 346 g/mol. The predicted molar refractivity (Wildman–Crippen MR) is 98.2 cm³/mol. The Kier molecular flexibility index (Phi) is 15.7. The summed E-state index contributed by atoms with van der Waals surface area (Å²) >= 11 is 0. The predicted octanol–water partition coefficient (Wildman–Crippen LogP) is 3.04. The van der Waals surface area contributed by atoms with Gasteiger partial charge in [0.05, 0.1) is 44.2 Å². The Hall–Kier alpha value is -0.640. The van der Waals surface area contributed by atoms with Crippen molar-refractivity contribution in [1.29, 1.82) is 0 Å². The summed E-state index contributed by atoms with van der Waals surface area (Å²) in [5.74, 6) is 2.17. The fourth-order valence-corrected chi connectivity index (χ4v) is 1.25. The van der Waals surface area contributed by atoms with Crippen LogP contribution in [-0.4, -0.2) is 62.1 Å². The van der Waals surface area contributed by atoms with Gasteiger partial charge in [0, 0.05) is 6.61 Å². The lowest BCUT2D eigenvalue weighted by Gasteiger charge is -2.19. The minimum atomic E-state index is -0.778. The topological polar surface area (TPSA) is 57.2 Å². The van der Waals surface area contributed by atoms with E-state index in [-0.39, 0.29) is 17.8 Å². The summed E-state index contributed by atoms with van der Waals surface area (Å²) < 4.78 is 21.3. The van der Waals surface area contributed by atoms with E-state index in [1.54, 1.807) is 0 Å². The highest BCUT2D eigenvalue weighted by molar-refractivity contribution is 4.93. The Balaban J connectivity index is 0. The molecular formula is C19H38O5. The second-order valence-corrected chi connectivity index (χ2v) is 7.29. The molecule has 0 aliphatic carbocycles. The average molecular weight is 347 g/mol. The van der Waals surface area contributed by atoms with Crippen molar-refractivity contribution in [2.75, 3.05) is 39.6 Å². The Morgan fingerprint density at radius 1 is 0.833 bits per heavy atom. The summed E-state index contributed by atoms with van der Waals surface area (Å²) in [6.45, 7) is 17.6. The van der Waals surface area contributed by atoms with E-state index in [1.165, 1.54) is 0 Å². The molecule has 144 valence electrons. The lowest BCUT2D eigenvalue weighted by molar-refractivity contribution is -0.0424. The zero-order valence-electron chi connectivity index (χ0n) is 16.7. The number of ether oxygens (including phenoxy) is 4. The van der Waals surface area contributed by atoms with Crippen molar-refractivity contribution in [3.63, 3.8) is 0 Å². The maximum Gasteiger partial charge on any atom is 0.137 e. The summed E-state index contributed by atoms with van der Waals surface area (Å²) in [6.07, 6.45) is 5.21. The minimum Gasteiger partial charge on any atom is -0.379 e. The SMILES string of the molecule is C#C[C@H](O)COC(C)(C)C.CCCOCCOCCOC(C)(C)C. The molecule has 0 aromatic heterocycles. The van der Waals surface area contributed by atoms with Crippen molar-refractivity contribution in [3.8, 4) is 12.3 Å². The highest BCUT2D eigenvalue weighted by Gasteiger charge is 2.11. The summed E-state index contributed by atoms with van der Waals surface area (Å²) in [4.78, 5) is 0. The maximum atomic E-state index is 8.86. The number of hydrogen-bond acceptors (Lipinski definition) is 5. The zero-order valence-corrected chi connectivity index (χ0v) is 16.7. The number of aliphatic hydroxyl groups excluding tert-OH is 1. The molecule has 0 bridgehead atoms. The smallest absolute Gasteiger partial charge is 0.137 e. The lowest BCUT2D eigenvalue weighted by Crippen LogP contribution is -2.25. The van der Waals surface area contributed by atoms with Gasteiger partial charge in [0.1, 0.15) is 6.10 Å². The van der Waals surface area contributed by atoms with E-state index in [2.05, 4.69) is 12.8 Å². The number of aliphatic hydroxyl groups is 1. The van der Waals surface area contributed by atoms with Gasteiger partial charge in [-0.3, -0.25) is 0 Å². The van der Waals surface area contributed by atoms with E-state index in [9.17, 15) is 0 Å². The molecule has 0 saturated heterocycles. The molecule has 0 fully saturated rings. The molecule has 0 aliphatic heterocycles. The first-order chi connectivity index (χ1) is 11.0. The first-order valence-corrected chi connectivity index (χ1v) is 8.59. The largest absolute Gasteiger partial charge is 0.379 e. The van der Waals surface area contributed by atoms with Crippen LogP contribution in [0, 0.1) is 12.3 Å². The van der Waals surface area contributed by atoms with Gasteiger partial charge in [0.2, 0.25) is 0 Å². The van der Waals surface area contributed by atoms with Crippen LogP contribution >= 0.6 is 0 Å². The fourth-order valence-electron chi connectivity index (χ4n) is 1.25. The van der Waals surface area contributed by atoms with Crippen molar-refractivity contribution in [3.05, 3.63) is 0 Å².